The Bertz CT molecular complexity index is 325. The van der Waals surface area contributed by atoms with Crippen LogP contribution in [0.25, 0.3) is 0 Å². The summed E-state index contributed by atoms with van der Waals surface area (Å²) in [6.45, 7) is 4.46. The van der Waals surface area contributed by atoms with Crippen LogP contribution in [0.3, 0.4) is 0 Å². The molecule has 1 aliphatic rings. The highest BCUT2D eigenvalue weighted by atomic mass is 35.5. The molecule has 0 aliphatic carbocycles. The molecule has 4 heteroatoms. The van der Waals surface area contributed by atoms with E-state index in [2.05, 4.69) is 28.9 Å². The molecule has 15 heavy (non-hydrogen) atoms. The number of rotatable bonds is 2. The molecule has 1 saturated heterocycles. The van der Waals surface area contributed by atoms with Gasteiger partial charge in [0.1, 0.15) is 0 Å². The van der Waals surface area contributed by atoms with E-state index in [0.29, 0.717) is 17.2 Å². The Kier molecular flexibility index (Phi) is 3.10. The van der Waals surface area contributed by atoms with Crippen molar-refractivity contribution in [2.24, 2.45) is 0 Å². The van der Waals surface area contributed by atoms with Crippen LogP contribution >= 0.6 is 11.6 Å². The second kappa shape index (κ2) is 4.35. The van der Waals surface area contributed by atoms with Gasteiger partial charge >= 0.3 is 0 Å². The number of nitrogens with zero attached hydrogens (tertiary/aromatic N) is 3. The second-order valence-corrected chi connectivity index (χ2v) is 4.50. The van der Waals surface area contributed by atoms with E-state index in [1.54, 1.807) is 0 Å². The third-order valence-corrected chi connectivity index (χ3v) is 3.34. The standard InChI is InChI=1S/C11H16ClN3/c1-3-9-5-4-8(2)15(9)11-7-6-10(12)13-14-11/h6-9H,3-5H2,1-2H3. The summed E-state index contributed by atoms with van der Waals surface area (Å²) >= 11 is 5.73. The van der Waals surface area contributed by atoms with Gasteiger partial charge in [0, 0.05) is 12.1 Å². The molecule has 0 aromatic carbocycles. The minimum Gasteiger partial charge on any atom is -0.349 e. The van der Waals surface area contributed by atoms with Crippen LogP contribution in [0.4, 0.5) is 5.82 Å². The molecule has 0 bridgehead atoms. The summed E-state index contributed by atoms with van der Waals surface area (Å²) in [5.74, 6) is 0.955. The summed E-state index contributed by atoms with van der Waals surface area (Å²) in [4.78, 5) is 2.36. The van der Waals surface area contributed by atoms with Gasteiger partial charge in [0.05, 0.1) is 0 Å². The van der Waals surface area contributed by atoms with Gasteiger partial charge in [-0.2, -0.15) is 0 Å². The molecule has 1 aromatic heterocycles. The van der Waals surface area contributed by atoms with Crippen LogP contribution < -0.4 is 4.90 Å². The maximum Gasteiger partial charge on any atom is 0.151 e. The first-order valence-electron chi connectivity index (χ1n) is 5.50. The van der Waals surface area contributed by atoms with Gasteiger partial charge in [0.15, 0.2) is 11.0 Å². The Hall–Kier alpha value is -0.830. The number of hydrogen-bond acceptors (Lipinski definition) is 3. The average molecular weight is 226 g/mol. The highest BCUT2D eigenvalue weighted by Crippen LogP contribution is 2.30. The summed E-state index contributed by atoms with van der Waals surface area (Å²) < 4.78 is 0. The molecular weight excluding hydrogens is 210 g/mol. The lowest BCUT2D eigenvalue weighted by atomic mass is 10.1. The Labute approximate surface area is 95.5 Å². The molecule has 2 heterocycles. The topological polar surface area (TPSA) is 29.0 Å². The third-order valence-electron chi connectivity index (χ3n) is 3.14. The summed E-state index contributed by atoms with van der Waals surface area (Å²) in [6.07, 6.45) is 3.65. The van der Waals surface area contributed by atoms with Crippen LogP contribution in [-0.4, -0.2) is 22.3 Å². The van der Waals surface area contributed by atoms with E-state index >= 15 is 0 Å². The molecule has 82 valence electrons. The van der Waals surface area contributed by atoms with Crippen LogP contribution in [0.2, 0.25) is 5.15 Å². The van der Waals surface area contributed by atoms with Crippen LogP contribution in [0, 0.1) is 0 Å². The fourth-order valence-electron chi connectivity index (χ4n) is 2.33. The number of halogens is 1. The van der Waals surface area contributed by atoms with Crippen LogP contribution in [0.5, 0.6) is 0 Å². The van der Waals surface area contributed by atoms with E-state index in [-0.39, 0.29) is 0 Å². The Balaban J connectivity index is 2.24. The van der Waals surface area contributed by atoms with Crippen molar-refractivity contribution in [3.05, 3.63) is 17.3 Å². The molecule has 2 atom stereocenters. The smallest absolute Gasteiger partial charge is 0.151 e. The van der Waals surface area contributed by atoms with Crippen molar-refractivity contribution in [1.82, 2.24) is 10.2 Å². The average Bonchev–Trinajstić information content (AvgIpc) is 2.61. The first-order valence-corrected chi connectivity index (χ1v) is 5.87. The predicted molar refractivity (Wildman–Crippen MR) is 62.3 cm³/mol. The summed E-state index contributed by atoms with van der Waals surface area (Å²) in [5, 5.41) is 8.51. The van der Waals surface area contributed by atoms with E-state index in [0.717, 1.165) is 12.2 Å². The summed E-state index contributed by atoms with van der Waals surface area (Å²) in [5.41, 5.74) is 0. The number of aromatic nitrogens is 2. The molecular formula is C11H16ClN3. The van der Waals surface area contributed by atoms with Gasteiger partial charge < -0.3 is 4.90 Å². The van der Waals surface area contributed by atoms with Crippen LogP contribution in [-0.2, 0) is 0 Å². The third kappa shape index (κ3) is 2.07. The minimum absolute atomic E-state index is 0.457. The van der Waals surface area contributed by atoms with Crippen LogP contribution in [0.1, 0.15) is 33.1 Å². The quantitative estimate of drug-likeness (QED) is 0.775. The van der Waals surface area contributed by atoms with Gasteiger partial charge in [-0.15, -0.1) is 10.2 Å². The van der Waals surface area contributed by atoms with Crippen molar-refractivity contribution in [2.45, 2.75) is 45.2 Å². The normalized spacial score (nSPS) is 25.9. The molecule has 0 amide bonds. The maximum absolute atomic E-state index is 5.73. The molecule has 0 spiro atoms. The van der Waals surface area contributed by atoms with E-state index in [1.807, 2.05) is 12.1 Å². The summed E-state index contributed by atoms with van der Waals surface area (Å²) in [7, 11) is 0. The summed E-state index contributed by atoms with van der Waals surface area (Å²) in [6, 6.07) is 4.93. The van der Waals surface area contributed by atoms with Gasteiger partial charge in [-0.05, 0) is 38.3 Å². The zero-order valence-corrected chi connectivity index (χ0v) is 9.91. The van der Waals surface area contributed by atoms with Crippen molar-refractivity contribution >= 4 is 17.4 Å². The molecule has 0 radical (unpaired) electrons. The fraction of sp³-hybridized carbons (Fsp3) is 0.636. The van der Waals surface area contributed by atoms with Crippen molar-refractivity contribution in [2.75, 3.05) is 4.90 Å². The van der Waals surface area contributed by atoms with Gasteiger partial charge in [0.25, 0.3) is 0 Å². The number of anilines is 1. The molecule has 3 nitrogen and oxygen atoms in total. The highest BCUT2D eigenvalue weighted by molar-refractivity contribution is 6.29. The first-order chi connectivity index (χ1) is 7.22. The lowest BCUT2D eigenvalue weighted by molar-refractivity contribution is 0.617. The van der Waals surface area contributed by atoms with Gasteiger partial charge in [-0.25, -0.2) is 0 Å². The molecule has 2 rings (SSSR count). The van der Waals surface area contributed by atoms with E-state index in [1.165, 1.54) is 12.8 Å². The second-order valence-electron chi connectivity index (χ2n) is 4.11. The zero-order chi connectivity index (χ0) is 10.8. The highest BCUT2D eigenvalue weighted by Gasteiger charge is 2.30. The first kappa shape index (κ1) is 10.7. The van der Waals surface area contributed by atoms with E-state index in [4.69, 9.17) is 11.6 Å². The van der Waals surface area contributed by atoms with Gasteiger partial charge in [-0.1, -0.05) is 18.5 Å². The van der Waals surface area contributed by atoms with E-state index in [9.17, 15) is 0 Å². The molecule has 1 aliphatic heterocycles. The molecule has 2 unspecified atom stereocenters. The molecule has 0 saturated carbocycles. The SMILES string of the molecule is CCC1CCC(C)N1c1ccc(Cl)nn1. The monoisotopic (exact) mass is 225 g/mol. The van der Waals surface area contributed by atoms with E-state index < -0.39 is 0 Å². The van der Waals surface area contributed by atoms with Crippen LogP contribution in [0.15, 0.2) is 12.1 Å². The Morgan fingerprint density at radius 3 is 2.80 bits per heavy atom. The number of hydrogen-bond donors (Lipinski definition) is 0. The minimum atomic E-state index is 0.457. The predicted octanol–water partition coefficient (Wildman–Crippen LogP) is 2.90. The van der Waals surface area contributed by atoms with Crippen molar-refractivity contribution < 1.29 is 0 Å². The van der Waals surface area contributed by atoms with Crippen molar-refractivity contribution in [1.29, 1.82) is 0 Å². The molecule has 1 aromatic rings. The fourth-order valence-corrected chi connectivity index (χ4v) is 2.43. The molecule has 1 fully saturated rings. The van der Waals surface area contributed by atoms with Crippen molar-refractivity contribution in [3.8, 4) is 0 Å². The van der Waals surface area contributed by atoms with Crippen molar-refractivity contribution in [3.63, 3.8) is 0 Å². The Morgan fingerprint density at radius 1 is 1.40 bits per heavy atom. The van der Waals surface area contributed by atoms with Gasteiger partial charge in [-0.3, -0.25) is 0 Å². The zero-order valence-electron chi connectivity index (χ0n) is 9.15. The lowest BCUT2D eigenvalue weighted by Crippen LogP contribution is -2.34. The Morgan fingerprint density at radius 2 is 2.20 bits per heavy atom. The molecule has 0 N–H and O–H groups in total. The lowest BCUT2D eigenvalue weighted by Gasteiger charge is -2.28. The maximum atomic E-state index is 5.73. The largest absolute Gasteiger partial charge is 0.349 e. The van der Waals surface area contributed by atoms with Gasteiger partial charge in [0.2, 0.25) is 0 Å².